The van der Waals surface area contributed by atoms with Crippen molar-refractivity contribution >= 4 is 33.0 Å². The minimum absolute atomic E-state index is 0.686. The van der Waals surface area contributed by atoms with Gasteiger partial charge in [0.25, 0.3) is 0 Å². The summed E-state index contributed by atoms with van der Waals surface area (Å²) in [5.41, 5.74) is 1.01. The molecular formula is C17H15ClOS. The fourth-order valence-corrected chi connectivity index (χ4v) is 3.63. The van der Waals surface area contributed by atoms with Crippen LogP contribution in [0.25, 0.3) is 20.5 Å². The third-order valence-electron chi connectivity index (χ3n) is 3.33. The third kappa shape index (κ3) is 2.47. The van der Waals surface area contributed by atoms with Crippen molar-refractivity contribution in [3.05, 3.63) is 59.1 Å². The Hall–Kier alpha value is -1.35. The number of hydrogen-bond donors (Lipinski definition) is 1. The van der Waals surface area contributed by atoms with Crippen LogP contribution in [0.15, 0.2) is 48.5 Å². The summed E-state index contributed by atoms with van der Waals surface area (Å²) in [6, 6.07) is 16.1. The summed E-state index contributed by atoms with van der Waals surface area (Å²) in [5.74, 6) is 0. The van der Waals surface area contributed by atoms with Gasteiger partial charge in [-0.25, -0.2) is 0 Å². The lowest BCUT2D eigenvalue weighted by Gasteiger charge is -2.21. The first-order valence-electron chi connectivity index (χ1n) is 6.46. The molecule has 0 aliphatic carbocycles. The molecule has 20 heavy (non-hydrogen) atoms. The Morgan fingerprint density at radius 1 is 1.05 bits per heavy atom. The highest BCUT2D eigenvalue weighted by Crippen LogP contribution is 2.39. The summed E-state index contributed by atoms with van der Waals surface area (Å²) >= 11 is 7.86. The average Bonchev–Trinajstić information content (AvgIpc) is 2.80. The van der Waals surface area contributed by atoms with Crippen LogP contribution in [0, 0.1) is 0 Å². The molecule has 1 aromatic heterocycles. The van der Waals surface area contributed by atoms with Crippen molar-refractivity contribution < 1.29 is 5.11 Å². The van der Waals surface area contributed by atoms with Crippen molar-refractivity contribution in [2.75, 3.05) is 0 Å². The van der Waals surface area contributed by atoms with Gasteiger partial charge in [0.15, 0.2) is 0 Å². The Morgan fingerprint density at radius 2 is 1.80 bits per heavy atom. The maximum absolute atomic E-state index is 10.4. The van der Waals surface area contributed by atoms with Crippen LogP contribution in [-0.4, -0.2) is 5.11 Å². The van der Waals surface area contributed by atoms with Gasteiger partial charge in [-0.3, -0.25) is 0 Å². The molecule has 0 aliphatic rings. The van der Waals surface area contributed by atoms with E-state index in [1.54, 1.807) is 25.2 Å². The zero-order valence-electron chi connectivity index (χ0n) is 11.4. The van der Waals surface area contributed by atoms with E-state index < -0.39 is 5.60 Å². The van der Waals surface area contributed by atoms with Crippen molar-refractivity contribution in [1.82, 2.24) is 0 Å². The molecule has 1 N–H and O–H groups in total. The predicted octanol–water partition coefficient (Wildman–Crippen LogP) is 5.45. The molecule has 1 nitrogen and oxygen atoms in total. The van der Waals surface area contributed by atoms with Crippen LogP contribution in [0.2, 0.25) is 5.02 Å². The van der Waals surface area contributed by atoms with Crippen LogP contribution < -0.4 is 0 Å². The lowest BCUT2D eigenvalue weighted by Crippen LogP contribution is -2.16. The molecule has 102 valence electrons. The summed E-state index contributed by atoms with van der Waals surface area (Å²) in [6.45, 7) is 3.60. The molecule has 0 unspecified atom stereocenters. The van der Waals surface area contributed by atoms with Gasteiger partial charge < -0.3 is 5.11 Å². The first-order chi connectivity index (χ1) is 9.45. The van der Waals surface area contributed by atoms with Gasteiger partial charge in [-0.2, -0.15) is 0 Å². The van der Waals surface area contributed by atoms with E-state index in [1.165, 1.54) is 10.1 Å². The largest absolute Gasteiger partial charge is 0.386 e. The number of benzene rings is 2. The minimum Gasteiger partial charge on any atom is -0.386 e. The van der Waals surface area contributed by atoms with Crippen molar-refractivity contribution in [2.45, 2.75) is 19.4 Å². The first-order valence-corrected chi connectivity index (χ1v) is 7.66. The average molecular weight is 303 g/mol. The van der Waals surface area contributed by atoms with Gasteiger partial charge >= 0.3 is 0 Å². The standard InChI is InChI=1S/C17H15ClOS/c1-17(2,19)14-8-7-12(18)10-13(14)16-9-11-5-3-4-6-15(11)20-16/h3-10,19H,1-2H3. The van der Waals surface area contributed by atoms with Gasteiger partial charge in [-0.05, 0) is 54.6 Å². The Kier molecular flexibility index (Phi) is 3.33. The zero-order chi connectivity index (χ0) is 14.3. The lowest BCUT2D eigenvalue weighted by atomic mass is 9.92. The molecule has 1 heterocycles. The summed E-state index contributed by atoms with van der Waals surface area (Å²) in [5, 5.41) is 12.3. The lowest BCUT2D eigenvalue weighted by molar-refractivity contribution is 0.0792. The second-order valence-electron chi connectivity index (χ2n) is 5.40. The summed E-state index contributed by atoms with van der Waals surface area (Å²) in [4.78, 5) is 1.13. The number of rotatable bonds is 2. The van der Waals surface area contributed by atoms with Crippen LogP contribution in [0.3, 0.4) is 0 Å². The number of thiophene rings is 1. The second kappa shape index (κ2) is 4.88. The van der Waals surface area contributed by atoms with E-state index in [0.717, 1.165) is 16.0 Å². The molecular weight excluding hydrogens is 288 g/mol. The molecule has 0 atom stereocenters. The predicted molar refractivity (Wildman–Crippen MR) is 87.5 cm³/mol. The number of halogens is 1. The van der Waals surface area contributed by atoms with Crippen LogP contribution in [0.1, 0.15) is 19.4 Å². The van der Waals surface area contributed by atoms with Gasteiger partial charge in [-0.15, -0.1) is 11.3 Å². The van der Waals surface area contributed by atoms with Crippen molar-refractivity contribution in [1.29, 1.82) is 0 Å². The molecule has 0 fully saturated rings. The van der Waals surface area contributed by atoms with Gasteiger partial charge in [0.1, 0.15) is 0 Å². The highest BCUT2D eigenvalue weighted by atomic mass is 35.5. The highest BCUT2D eigenvalue weighted by Gasteiger charge is 2.21. The number of aliphatic hydroxyl groups is 1. The van der Waals surface area contributed by atoms with E-state index in [4.69, 9.17) is 11.6 Å². The first kappa shape index (κ1) is 13.6. The summed E-state index contributed by atoms with van der Waals surface area (Å²) < 4.78 is 1.24. The quantitative estimate of drug-likeness (QED) is 0.667. The van der Waals surface area contributed by atoms with E-state index in [0.29, 0.717) is 5.02 Å². The van der Waals surface area contributed by atoms with E-state index in [-0.39, 0.29) is 0 Å². The van der Waals surface area contributed by atoms with Gasteiger partial charge in [0.2, 0.25) is 0 Å². The maximum Gasteiger partial charge on any atom is 0.0846 e. The molecule has 0 spiro atoms. The minimum atomic E-state index is -0.893. The SMILES string of the molecule is CC(C)(O)c1ccc(Cl)cc1-c1cc2ccccc2s1. The molecule has 3 heteroatoms. The Morgan fingerprint density at radius 3 is 2.50 bits per heavy atom. The zero-order valence-corrected chi connectivity index (χ0v) is 12.9. The Labute approximate surface area is 127 Å². The molecule has 0 saturated carbocycles. The summed E-state index contributed by atoms with van der Waals surface area (Å²) in [7, 11) is 0. The van der Waals surface area contributed by atoms with Gasteiger partial charge in [0, 0.05) is 14.6 Å². The topological polar surface area (TPSA) is 20.2 Å². The molecule has 0 saturated heterocycles. The molecule has 3 aromatic rings. The molecule has 0 radical (unpaired) electrons. The number of hydrogen-bond acceptors (Lipinski definition) is 2. The monoisotopic (exact) mass is 302 g/mol. The van der Waals surface area contributed by atoms with E-state index in [1.807, 2.05) is 30.3 Å². The fraction of sp³-hybridized carbons (Fsp3) is 0.176. The highest BCUT2D eigenvalue weighted by molar-refractivity contribution is 7.22. The molecule has 0 aliphatic heterocycles. The van der Waals surface area contributed by atoms with Crippen molar-refractivity contribution in [3.8, 4) is 10.4 Å². The Balaban J connectivity index is 2.25. The molecule has 3 rings (SSSR count). The van der Waals surface area contributed by atoms with Crippen LogP contribution in [-0.2, 0) is 5.60 Å². The third-order valence-corrected chi connectivity index (χ3v) is 4.72. The van der Waals surface area contributed by atoms with Gasteiger partial charge in [-0.1, -0.05) is 35.9 Å². The smallest absolute Gasteiger partial charge is 0.0846 e. The van der Waals surface area contributed by atoms with Crippen LogP contribution >= 0.6 is 22.9 Å². The van der Waals surface area contributed by atoms with Gasteiger partial charge in [0.05, 0.1) is 5.60 Å². The van der Waals surface area contributed by atoms with E-state index in [9.17, 15) is 5.11 Å². The molecule has 2 aromatic carbocycles. The summed E-state index contributed by atoms with van der Waals surface area (Å²) in [6.07, 6.45) is 0. The second-order valence-corrected chi connectivity index (χ2v) is 6.92. The van der Waals surface area contributed by atoms with Crippen LogP contribution in [0.4, 0.5) is 0 Å². The van der Waals surface area contributed by atoms with E-state index >= 15 is 0 Å². The molecule has 0 bridgehead atoms. The van der Waals surface area contributed by atoms with Crippen molar-refractivity contribution in [3.63, 3.8) is 0 Å². The number of fused-ring (bicyclic) bond motifs is 1. The fourth-order valence-electron chi connectivity index (χ4n) is 2.37. The maximum atomic E-state index is 10.4. The Bertz CT molecular complexity index is 735. The normalized spacial score (nSPS) is 12.0. The molecule has 0 amide bonds. The van der Waals surface area contributed by atoms with Crippen molar-refractivity contribution in [2.24, 2.45) is 0 Å². The van der Waals surface area contributed by atoms with Crippen LogP contribution in [0.5, 0.6) is 0 Å². The van der Waals surface area contributed by atoms with E-state index in [2.05, 4.69) is 18.2 Å².